The lowest BCUT2D eigenvalue weighted by atomic mass is 10.1. The maximum atomic E-state index is 5.59. The Kier molecular flexibility index (Phi) is 6.91. The highest BCUT2D eigenvalue weighted by Gasteiger charge is 2.14. The van der Waals surface area contributed by atoms with E-state index in [1.165, 1.54) is 17.5 Å². The van der Waals surface area contributed by atoms with Crippen LogP contribution in [-0.4, -0.2) is 24.7 Å². The fourth-order valence-corrected chi connectivity index (χ4v) is 2.31. The van der Waals surface area contributed by atoms with E-state index < -0.39 is 0 Å². The van der Waals surface area contributed by atoms with Crippen LogP contribution in [0.1, 0.15) is 24.5 Å². The fourth-order valence-electron chi connectivity index (χ4n) is 2.31. The summed E-state index contributed by atoms with van der Waals surface area (Å²) >= 11 is 0. The number of aromatic nitrogens is 1. The van der Waals surface area contributed by atoms with E-state index in [9.17, 15) is 0 Å². The number of aryl methyl sites for hydroxylation is 2. The Hall–Kier alpha value is -1.87. The smallest absolute Gasteiger partial charge is 0.213 e. The van der Waals surface area contributed by atoms with Gasteiger partial charge in [-0.15, -0.1) is 0 Å². The highest BCUT2D eigenvalue weighted by atomic mass is 16.5. The Morgan fingerprint density at radius 3 is 2.55 bits per heavy atom. The van der Waals surface area contributed by atoms with E-state index in [1.54, 1.807) is 0 Å². The fraction of sp³-hybridized carbons (Fsp3) is 0.421. The molecule has 2 aromatic rings. The number of hydrogen-bond donors (Lipinski definition) is 1. The van der Waals surface area contributed by atoms with Gasteiger partial charge >= 0.3 is 0 Å². The van der Waals surface area contributed by atoms with Crippen LogP contribution in [0.25, 0.3) is 0 Å². The summed E-state index contributed by atoms with van der Waals surface area (Å²) in [6.45, 7) is 7.16. The van der Waals surface area contributed by atoms with Gasteiger partial charge in [-0.1, -0.05) is 43.3 Å². The van der Waals surface area contributed by atoms with Gasteiger partial charge in [-0.05, 0) is 37.4 Å². The van der Waals surface area contributed by atoms with Gasteiger partial charge < -0.3 is 10.1 Å². The third-order valence-electron chi connectivity index (χ3n) is 3.76. The van der Waals surface area contributed by atoms with E-state index >= 15 is 0 Å². The Morgan fingerprint density at radius 1 is 1.18 bits per heavy atom. The zero-order valence-electron chi connectivity index (χ0n) is 13.6. The zero-order valence-corrected chi connectivity index (χ0v) is 13.6. The highest BCUT2D eigenvalue weighted by Crippen LogP contribution is 2.11. The molecule has 0 aliphatic carbocycles. The van der Waals surface area contributed by atoms with Gasteiger partial charge in [0.2, 0.25) is 5.88 Å². The molecule has 3 rings (SSSR count). The minimum atomic E-state index is 0.651. The van der Waals surface area contributed by atoms with Crippen molar-refractivity contribution < 1.29 is 4.74 Å². The molecule has 3 heteroatoms. The van der Waals surface area contributed by atoms with Gasteiger partial charge in [0.25, 0.3) is 0 Å². The van der Waals surface area contributed by atoms with Crippen molar-refractivity contribution in [3.63, 3.8) is 0 Å². The minimum absolute atomic E-state index is 0.651. The molecular weight excluding hydrogens is 272 g/mol. The Balaban J connectivity index is 0.000000188. The molecule has 1 N–H and O–H groups in total. The van der Waals surface area contributed by atoms with E-state index in [2.05, 4.69) is 41.5 Å². The predicted molar refractivity (Wildman–Crippen MR) is 91.3 cm³/mol. The van der Waals surface area contributed by atoms with Crippen molar-refractivity contribution >= 4 is 0 Å². The molecule has 0 saturated carbocycles. The van der Waals surface area contributed by atoms with Crippen molar-refractivity contribution in [2.24, 2.45) is 5.92 Å². The average Bonchev–Trinajstić information content (AvgIpc) is 3.09. The second kappa shape index (κ2) is 9.21. The van der Waals surface area contributed by atoms with Crippen molar-refractivity contribution in [1.29, 1.82) is 0 Å². The first-order valence-electron chi connectivity index (χ1n) is 8.08. The van der Waals surface area contributed by atoms with E-state index in [1.807, 2.05) is 31.3 Å². The molecule has 1 atom stereocenters. The SMILES string of the molecule is CCc1ccccc1.Cc1ccc(OCC2CCNC2)nc1. The predicted octanol–water partition coefficient (Wildman–Crippen LogP) is 3.63. The molecule has 1 aliphatic heterocycles. The van der Waals surface area contributed by atoms with E-state index in [-0.39, 0.29) is 0 Å². The van der Waals surface area contributed by atoms with Gasteiger partial charge in [-0.3, -0.25) is 0 Å². The molecule has 1 aliphatic rings. The van der Waals surface area contributed by atoms with E-state index in [0.29, 0.717) is 5.92 Å². The lowest BCUT2D eigenvalue weighted by Crippen LogP contribution is -2.15. The summed E-state index contributed by atoms with van der Waals surface area (Å²) < 4.78 is 5.59. The van der Waals surface area contributed by atoms with Crippen molar-refractivity contribution in [2.45, 2.75) is 26.7 Å². The summed E-state index contributed by atoms with van der Waals surface area (Å²) in [5.41, 5.74) is 2.58. The molecular formula is C19H26N2O. The van der Waals surface area contributed by atoms with Crippen LogP contribution < -0.4 is 10.1 Å². The number of hydrogen-bond acceptors (Lipinski definition) is 3. The summed E-state index contributed by atoms with van der Waals surface area (Å²) in [5.74, 6) is 1.39. The molecule has 1 aromatic carbocycles. The van der Waals surface area contributed by atoms with Crippen LogP contribution in [0.5, 0.6) is 5.88 Å². The molecule has 0 bridgehead atoms. The molecule has 0 amide bonds. The first-order chi connectivity index (χ1) is 10.8. The van der Waals surface area contributed by atoms with Crippen LogP contribution >= 0.6 is 0 Å². The van der Waals surface area contributed by atoms with Crippen LogP contribution in [0.3, 0.4) is 0 Å². The molecule has 1 aromatic heterocycles. The van der Waals surface area contributed by atoms with Crippen LogP contribution in [0.4, 0.5) is 0 Å². The third kappa shape index (κ3) is 5.86. The van der Waals surface area contributed by atoms with E-state index in [0.717, 1.165) is 32.0 Å². The van der Waals surface area contributed by atoms with Crippen LogP contribution in [0.2, 0.25) is 0 Å². The monoisotopic (exact) mass is 298 g/mol. The van der Waals surface area contributed by atoms with Crippen molar-refractivity contribution in [3.05, 3.63) is 59.8 Å². The summed E-state index contributed by atoms with van der Waals surface area (Å²) in [6.07, 6.45) is 4.19. The van der Waals surface area contributed by atoms with Crippen molar-refractivity contribution in [3.8, 4) is 5.88 Å². The normalized spacial score (nSPS) is 16.7. The number of ether oxygens (including phenoxy) is 1. The Morgan fingerprint density at radius 2 is 2.00 bits per heavy atom. The Labute approximate surface area is 133 Å². The largest absolute Gasteiger partial charge is 0.477 e. The first-order valence-corrected chi connectivity index (χ1v) is 8.08. The second-order valence-corrected chi connectivity index (χ2v) is 5.68. The highest BCUT2D eigenvalue weighted by molar-refractivity contribution is 5.16. The van der Waals surface area contributed by atoms with Gasteiger partial charge in [0.05, 0.1) is 6.61 Å². The van der Waals surface area contributed by atoms with Gasteiger partial charge in [0.1, 0.15) is 0 Å². The summed E-state index contributed by atoms with van der Waals surface area (Å²) in [6, 6.07) is 14.4. The minimum Gasteiger partial charge on any atom is -0.477 e. The van der Waals surface area contributed by atoms with Crippen LogP contribution in [-0.2, 0) is 6.42 Å². The second-order valence-electron chi connectivity index (χ2n) is 5.68. The molecule has 118 valence electrons. The van der Waals surface area contributed by atoms with Gasteiger partial charge in [0.15, 0.2) is 0 Å². The molecule has 2 heterocycles. The Bertz CT molecular complexity index is 519. The number of pyridine rings is 1. The molecule has 1 unspecified atom stereocenters. The maximum Gasteiger partial charge on any atom is 0.213 e. The van der Waals surface area contributed by atoms with Gasteiger partial charge in [-0.25, -0.2) is 4.98 Å². The summed E-state index contributed by atoms with van der Waals surface area (Å²) in [5, 5.41) is 3.32. The number of rotatable bonds is 4. The number of nitrogens with zero attached hydrogens (tertiary/aromatic N) is 1. The van der Waals surface area contributed by atoms with Crippen LogP contribution in [0.15, 0.2) is 48.7 Å². The number of nitrogens with one attached hydrogen (secondary N) is 1. The quantitative estimate of drug-likeness (QED) is 0.936. The maximum absolute atomic E-state index is 5.59. The summed E-state index contributed by atoms with van der Waals surface area (Å²) in [7, 11) is 0. The molecule has 0 radical (unpaired) electrons. The van der Waals surface area contributed by atoms with Crippen molar-refractivity contribution in [1.82, 2.24) is 10.3 Å². The first kappa shape index (κ1) is 16.5. The van der Waals surface area contributed by atoms with Crippen LogP contribution in [0, 0.1) is 12.8 Å². The van der Waals surface area contributed by atoms with Gasteiger partial charge in [-0.2, -0.15) is 0 Å². The zero-order chi connectivity index (χ0) is 15.6. The molecule has 3 nitrogen and oxygen atoms in total. The lowest BCUT2D eigenvalue weighted by molar-refractivity contribution is 0.251. The van der Waals surface area contributed by atoms with Crippen molar-refractivity contribution in [2.75, 3.05) is 19.7 Å². The summed E-state index contributed by atoms with van der Waals surface area (Å²) in [4.78, 5) is 4.20. The molecule has 1 saturated heterocycles. The van der Waals surface area contributed by atoms with Gasteiger partial charge in [0, 0.05) is 24.7 Å². The molecule has 1 fully saturated rings. The van der Waals surface area contributed by atoms with E-state index in [4.69, 9.17) is 4.74 Å². The topological polar surface area (TPSA) is 34.1 Å². The third-order valence-corrected chi connectivity index (χ3v) is 3.76. The molecule has 22 heavy (non-hydrogen) atoms. The standard InChI is InChI=1S/C11H16N2O.C8H10/c1-9-2-3-11(13-6-9)14-8-10-4-5-12-7-10;1-2-8-6-4-3-5-7-8/h2-3,6,10,12H,4-5,7-8H2,1H3;3-7H,2H2,1H3. The molecule has 0 spiro atoms. The lowest BCUT2D eigenvalue weighted by Gasteiger charge is -2.09. The average molecular weight is 298 g/mol. The number of benzene rings is 1.